The molecule has 168 valence electrons. The number of carbonyl (C=O) groups is 1. The second-order valence-corrected chi connectivity index (χ2v) is 8.60. The summed E-state index contributed by atoms with van der Waals surface area (Å²) in [5.74, 6) is 0.981. The first kappa shape index (κ1) is 23.1. The van der Waals surface area contributed by atoms with E-state index in [1.54, 1.807) is 60.7 Å². The highest BCUT2D eigenvalue weighted by Crippen LogP contribution is 2.21. The van der Waals surface area contributed by atoms with E-state index in [0.717, 1.165) is 6.42 Å². The van der Waals surface area contributed by atoms with Crippen LogP contribution in [-0.4, -0.2) is 27.5 Å². The first-order valence-corrected chi connectivity index (χ1v) is 11.8. The predicted molar refractivity (Wildman–Crippen MR) is 125 cm³/mol. The van der Waals surface area contributed by atoms with E-state index >= 15 is 0 Å². The van der Waals surface area contributed by atoms with Gasteiger partial charge in [-0.05, 0) is 80.1 Å². The molecule has 7 nitrogen and oxygen atoms in total. The molecule has 0 unspecified atom stereocenters. The number of ether oxygens (including phenoxy) is 2. The number of hydrogen-bond donors (Lipinski definition) is 2. The Balaban J connectivity index is 1.65. The Labute approximate surface area is 188 Å². The zero-order valence-electron chi connectivity index (χ0n) is 18.0. The fourth-order valence-corrected chi connectivity index (χ4v) is 3.93. The molecule has 3 rings (SSSR count). The van der Waals surface area contributed by atoms with E-state index in [4.69, 9.17) is 9.47 Å². The number of rotatable bonds is 10. The van der Waals surface area contributed by atoms with Gasteiger partial charge in [0.1, 0.15) is 11.5 Å². The monoisotopic (exact) mass is 454 g/mol. The van der Waals surface area contributed by atoms with Crippen molar-refractivity contribution in [3.8, 4) is 11.5 Å². The lowest BCUT2D eigenvalue weighted by Gasteiger charge is -2.11. The minimum Gasteiger partial charge on any atom is -0.494 e. The standard InChI is InChI=1S/C24H26N2O5S/c1-3-16-31-22-7-5-6-18(17-22)24(27)25-19-10-14-23(15-11-19)32(28,29)26-20-8-12-21(13-9-20)30-4-2/h5-15,17,26H,3-4,16H2,1-2H3,(H,25,27). The Morgan fingerprint density at radius 3 is 2.19 bits per heavy atom. The smallest absolute Gasteiger partial charge is 0.261 e. The highest BCUT2D eigenvalue weighted by Gasteiger charge is 2.15. The van der Waals surface area contributed by atoms with Gasteiger partial charge in [0, 0.05) is 16.9 Å². The van der Waals surface area contributed by atoms with Gasteiger partial charge in [-0.1, -0.05) is 13.0 Å². The van der Waals surface area contributed by atoms with Gasteiger partial charge in [0.2, 0.25) is 0 Å². The molecular formula is C24H26N2O5S. The van der Waals surface area contributed by atoms with Crippen LogP contribution in [0.4, 0.5) is 11.4 Å². The van der Waals surface area contributed by atoms with Crippen molar-refractivity contribution >= 4 is 27.3 Å². The first-order chi connectivity index (χ1) is 15.4. The minimum absolute atomic E-state index is 0.0827. The summed E-state index contributed by atoms with van der Waals surface area (Å²) in [7, 11) is -3.77. The molecule has 2 N–H and O–H groups in total. The molecule has 0 aromatic heterocycles. The van der Waals surface area contributed by atoms with Crippen LogP contribution in [0.5, 0.6) is 11.5 Å². The second-order valence-electron chi connectivity index (χ2n) is 6.92. The molecule has 0 spiro atoms. The molecule has 0 aliphatic rings. The molecule has 0 atom stereocenters. The van der Waals surface area contributed by atoms with Gasteiger partial charge in [-0.25, -0.2) is 8.42 Å². The summed E-state index contributed by atoms with van der Waals surface area (Å²) in [6, 6.07) is 19.5. The van der Waals surface area contributed by atoms with Crippen LogP contribution in [0.15, 0.2) is 77.7 Å². The Morgan fingerprint density at radius 1 is 0.844 bits per heavy atom. The van der Waals surface area contributed by atoms with Crippen LogP contribution in [0.25, 0.3) is 0 Å². The molecule has 32 heavy (non-hydrogen) atoms. The Morgan fingerprint density at radius 2 is 1.53 bits per heavy atom. The summed E-state index contributed by atoms with van der Waals surface area (Å²) in [5, 5.41) is 2.76. The van der Waals surface area contributed by atoms with Crippen molar-refractivity contribution in [1.29, 1.82) is 0 Å². The number of anilines is 2. The normalized spacial score (nSPS) is 10.9. The van der Waals surface area contributed by atoms with Gasteiger partial charge in [-0.15, -0.1) is 0 Å². The number of hydrogen-bond acceptors (Lipinski definition) is 5. The number of carbonyl (C=O) groups excluding carboxylic acids is 1. The van der Waals surface area contributed by atoms with Crippen LogP contribution in [0.1, 0.15) is 30.6 Å². The molecule has 3 aromatic rings. The van der Waals surface area contributed by atoms with Crippen LogP contribution < -0.4 is 19.5 Å². The average Bonchev–Trinajstić information content (AvgIpc) is 2.79. The Bertz CT molecular complexity index is 1140. The molecule has 0 aliphatic carbocycles. The van der Waals surface area contributed by atoms with Crippen LogP contribution in [0.2, 0.25) is 0 Å². The number of nitrogens with one attached hydrogen (secondary N) is 2. The molecule has 0 fully saturated rings. The third-order valence-electron chi connectivity index (χ3n) is 4.41. The van der Waals surface area contributed by atoms with Crippen LogP contribution in [-0.2, 0) is 10.0 Å². The fourth-order valence-electron chi connectivity index (χ4n) is 2.87. The third kappa shape index (κ3) is 6.24. The predicted octanol–water partition coefficient (Wildman–Crippen LogP) is 4.93. The molecule has 0 bridgehead atoms. The largest absolute Gasteiger partial charge is 0.494 e. The van der Waals surface area contributed by atoms with Crippen molar-refractivity contribution < 1.29 is 22.7 Å². The lowest BCUT2D eigenvalue weighted by molar-refractivity contribution is 0.102. The fraction of sp³-hybridized carbons (Fsp3) is 0.208. The quantitative estimate of drug-likeness (QED) is 0.453. The Hall–Kier alpha value is -3.52. The van der Waals surface area contributed by atoms with Gasteiger partial charge in [0.05, 0.1) is 18.1 Å². The molecule has 0 saturated heterocycles. The summed E-state index contributed by atoms with van der Waals surface area (Å²) in [4.78, 5) is 12.6. The summed E-state index contributed by atoms with van der Waals surface area (Å²) in [6.07, 6.45) is 0.874. The first-order valence-electron chi connectivity index (χ1n) is 10.3. The molecule has 3 aromatic carbocycles. The molecule has 0 radical (unpaired) electrons. The van der Waals surface area contributed by atoms with Gasteiger partial charge >= 0.3 is 0 Å². The number of benzene rings is 3. The van der Waals surface area contributed by atoms with Crippen LogP contribution in [0.3, 0.4) is 0 Å². The third-order valence-corrected chi connectivity index (χ3v) is 5.81. The van der Waals surface area contributed by atoms with Crippen LogP contribution in [0, 0.1) is 0 Å². The van der Waals surface area contributed by atoms with Gasteiger partial charge in [-0.3, -0.25) is 9.52 Å². The molecule has 0 saturated carbocycles. The van der Waals surface area contributed by atoms with Crippen molar-refractivity contribution in [2.75, 3.05) is 23.3 Å². The summed E-state index contributed by atoms with van der Waals surface area (Å²) < 4.78 is 38.7. The molecular weight excluding hydrogens is 428 g/mol. The number of amides is 1. The maximum atomic E-state index is 12.6. The van der Waals surface area contributed by atoms with E-state index < -0.39 is 10.0 Å². The van der Waals surface area contributed by atoms with Crippen molar-refractivity contribution in [2.45, 2.75) is 25.2 Å². The van der Waals surface area contributed by atoms with Gasteiger partial charge < -0.3 is 14.8 Å². The van der Waals surface area contributed by atoms with Gasteiger partial charge in [0.25, 0.3) is 15.9 Å². The Kier molecular flexibility index (Phi) is 7.72. The lowest BCUT2D eigenvalue weighted by atomic mass is 10.2. The summed E-state index contributed by atoms with van der Waals surface area (Å²) in [6.45, 7) is 4.99. The number of sulfonamides is 1. The SMILES string of the molecule is CCCOc1cccc(C(=O)Nc2ccc(S(=O)(=O)Nc3ccc(OCC)cc3)cc2)c1. The second kappa shape index (κ2) is 10.7. The molecule has 1 amide bonds. The van der Waals surface area contributed by atoms with E-state index in [1.165, 1.54) is 12.1 Å². The van der Waals surface area contributed by atoms with Crippen molar-refractivity contribution in [3.05, 3.63) is 78.4 Å². The lowest BCUT2D eigenvalue weighted by Crippen LogP contribution is -2.14. The zero-order chi connectivity index (χ0) is 23.0. The zero-order valence-corrected chi connectivity index (χ0v) is 18.8. The van der Waals surface area contributed by atoms with E-state index in [-0.39, 0.29) is 10.8 Å². The minimum atomic E-state index is -3.77. The highest BCUT2D eigenvalue weighted by atomic mass is 32.2. The van der Waals surface area contributed by atoms with Gasteiger partial charge in [-0.2, -0.15) is 0 Å². The topological polar surface area (TPSA) is 93.7 Å². The summed E-state index contributed by atoms with van der Waals surface area (Å²) >= 11 is 0. The van der Waals surface area contributed by atoms with Crippen molar-refractivity contribution in [1.82, 2.24) is 0 Å². The molecule has 0 aliphatic heterocycles. The average molecular weight is 455 g/mol. The van der Waals surface area contributed by atoms with E-state index in [1.807, 2.05) is 13.8 Å². The van der Waals surface area contributed by atoms with Gasteiger partial charge in [0.15, 0.2) is 0 Å². The van der Waals surface area contributed by atoms with Crippen molar-refractivity contribution in [2.24, 2.45) is 0 Å². The highest BCUT2D eigenvalue weighted by molar-refractivity contribution is 7.92. The van der Waals surface area contributed by atoms with E-state index in [0.29, 0.717) is 41.7 Å². The summed E-state index contributed by atoms with van der Waals surface area (Å²) in [5.41, 5.74) is 1.36. The van der Waals surface area contributed by atoms with Crippen LogP contribution >= 0.6 is 0 Å². The van der Waals surface area contributed by atoms with E-state index in [2.05, 4.69) is 10.0 Å². The maximum Gasteiger partial charge on any atom is 0.261 e. The van der Waals surface area contributed by atoms with E-state index in [9.17, 15) is 13.2 Å². The van der Waals surface area contributed by atoms with Crippen molar-refractivity contribution in [3.63, 3.8) is 0 Å². The molecule has 0 heterocycles. The maximum absolute atomic E-state index is 12.6. The molecule has 8 heteroatoms.